The molecule has 1 aromatic rings. The summed E-state index contributed by atoms with van der Waals surface area (Å²) in [5.74, 6) is -0.160. The molecule has 3 N–H and O–H groups in total. The van der Waals surface area contributed by atoms with E-state index in [1.807, 2.05) is 37.3 Å². The van der Waals surface area contributed by atoms with Crippen molar-refractivity contribution in [2.45, 2.75) is 19.8 Å². The number of carbonyl (C=O) groups excluding carboxylic acids is 1. The van der Waals surface area contributed by atoms with Gasteiger partial charge < -0.3 is 0 Å². The van der Waals surface area contributed by atoms with Gasteiger partial charge in [0.25, 0.3) is 0 Å². The lowest BCUT2D eigenvalue weighted by Gasteiger charge is -2.32. The average molecular weight is 243 g/mol. The summed E-state index contributed by atoms with van der Waals surface area (Å²) in [5.41, 5.74) is 0.853. The Bertz CT molecular complexity index is 340. The number of benzene rings is 1. The van der Waals surface area contributed by atoms with Crippen LogP contribution in [0.1, 0.15) is 18.9 Å². The summed E-state index contributed by atoms with van der Waals surface area (Å²) in [5, 5.41) is 0. The first-order valence-corrected chi connectivity index (χ1v) is 6.85. The molecule has 0 radical (unpaired) electrons. The van der Waals surface area contributed by atoms with E-state index in [1.54, 1.807) is 0 Å². The van der Waals surface area contributed by atoms with Crippen LogP contribution in [0.15, 0.2) is 30.3 Å². The highest BCUT2D eigenvalue weighted by atomic mass is 32.3. The molecule has 0 fully saturated rings. The van der Waals surface area contributed by atoms with Crippen molar-refractivity contribution in [3.8, 4) is 0 Å². The van der Waals surface area contributed by atoms with Crippen molar-refractivity contribution in [3.63, 3.8) is 0 Å². The fraction of sp³-hybridized carbons (Fsp3) is 0.364. The van der Waals surface area contributed by atoms with Crippen LogP contribution < -0.4 is 4.72 Å². The van der Waals surface area contributed by atoms with Crippen LogP contribution >= 0.6 is 10.8 Å². The predicted molar refractivity (Wildman–Crippen MR) is 66.3 cm³/mol. The Morgan fingerprint density at radius 2 is 1.94 bits per heavy atom. The number of amides is 1. The van der Waals surface area contributed by atoms with E-state index in [1.165, 1.54) is 0 Å². The second kappa shape index (κ2) is 5.89. The first-order chi connectivity index (χ1) is 7.53. The summed E-state index contributed by atoms with van der Waals surface area (Å²) in [6.07, 6.45) is 0.786. The largest absolute Gasteiger partial charge is 0.282 e. The summed E-state index contributed by atoms with van der Waals surface area (Å²) >= 11 is 0. The van der Waals surface area contributed by atoms with Gasteiger partial charge in [0, 0.05) is 0 Å². The maximum atomic E-state index is 11.5. The normalized spacial score (nSPS) is 12.2. The highest BCUT2D eigenvalue weighted by molar-refractivity contribution is 8.23. The van der Waals surface area contributed by atoms with Crippen LogP contribution in [-0.4, -0.2) is 20.8 Å². The first kappa shape index (κ1) is 13.0. The van der Waals surface area contributed by atoms with Gasteiger partial charge in [0.2, 0.25) is 5.91 Å². The van der Waals surface area contributed by atoms with Gasteiger partial charge >= 0.3 is 0 Å². The molecule has 0 bridgehead atoms. The number of hydrogen-bond donors (Lipinski definition) is 3. The van der Waals surface area contributed by atoms with Gasteiger partial charge in [0.1, 0.15) is 0 Å². The van der Waals surface area contributed by atoms with E-state index in [2.05, 4.69) is 4.72 Å². The molecule has 90 valence electrons. The van der Waals surface area contributed by atoms with Crippen LogP contribution in [-0.2, 0) is 11.2 Å². The zero-order chi connectivity index (χ0) is 12.0. The van der Waals surface area contributed by atoms with Gasteiger partial charge in [-0.15, -0.1) is 10.8 Å². The Hall–Kier alpha value is -1.04. The molecule has 1 amide bonds. The molecule has 0 saturated heterocycles. The molecule has 0 unspecified atom stereocenters. The van der Waals surface area contributed by atoms with E-state index >= 15 is 0 Å². The number of hydrogen-bond acceptors (Lipinski definition) is 3. The third-order valence-corrected chi connectivity index (χ3v) is 3.51. The van der Waals surface area contributed by atoms with Gasteiger partial charge in [-0.3, -0.25) is 18.6 Å². The topological polar surface area (TPSA) is 69.6 Å². The molecule has 0 aliphatic heterocycles. The molecule has 5 heteroatoms. The maximum absolute atomic E-state index is 11.5. The van der Waals surface area contributed by atoms with Crippen LogP contribution in [0.3, 0.4) is 0 Å². The van der Waals surface area contributed by atoms with Gasteiger partial charge in [-0.25, -0.2) is 0 Å². The van der Waals surface area contributed by atoms with Gasteiger partial charge in [0.05, 0.1) is 12.2 Å². The van der Waals surface area contributed by atoms with Crippen molar-refractivity contribution in [2.24, 2.45) is 0 Å². The third kappa shape index (κ3) is 4.65. The molecule has 0 aliphatic rings. The Kier molecular flexibility index (Phi) is 4.79. The molecule has 0 heterocycles. The molecule has 1 rings (SSSR count). The zero-order valence-corrected chi connectivity index (χ0v) is 10.0. The van der Waals surface area contributed by atoms with Crippen molar-refractivity contribution in [3.05, 3.63) is 35.9 Å². The summed E-state index contributed by atoms with van der Waals surface area (Å²) in [6.45, 7) is 1.83. The van der Waals surface area contributed by atoms with E-state index in [0.29, 0.717) is 6.42 Å². The van der Waals surface area contributed by atoms with E-state index in [9.17, 15) is 13.9 Å². The van der Waals surface area contributed by atoms with E-state index in [-0.39, 0.29) is 18.1 Å². The molecule has 16 heavy (non-hydrogen) atoms. The fourth-order valence-corrected chi connectivity index (χ4v) is 2.44. The monoisotopic (exact) mass is 243 g/mol. The first-order valence-electron chi connectivity index (χ1n) is 5.14. The van der Waals surface area contributed by atoms with Crippen molar-refractivity contribution in [2.75, 3.05) is 5.75 Å². The predicted octanol–water partition coefficient (Wildman–Crippen LogP) is 2.42. The molecule has 0 atom stereocenters. The molecule has 0 aliphatic carbocycles. The maximum Gasteiger partial charge on any atom is 0.242 e. The highest BCUT2D eigenvalue weighted by Crippen LogP contribution is 2.33. The third-order valence-electron chi connectivity index (χ3n) is 1.97. The summed E-state index contributed by atoms with van der Waals surface area (Å²) < 4.78 is 21.2. The molecule has 4 nitrogen and oxygen atoms in total. The van der Waals surface area contributed by atoms with E-state index in [0.717, 1.165) is 5.56 Å². The van der Waals surface area contributed by atoms with Crippen molar-refractivity contribution in [1.82, 2.24) is 4.72 Å². The number of carbonyl (C=O) groups is 1. The zero-order valence-electron chi connectivity index (χ0n) is 9.22. The fourth-order valence-electron chi connectivity index (χ4n) is 1.34. The van der Waals surface area contributed by atoms with Crippen molar-refractivity contribution in [1.29, 1.82) is 0 Å². The van der Waals surface area contributed by atoms with Gasteiger partial charge in [-0.1, -0.05) is 37.3 Å². The lowest BCUT2D eigenvalue weighted by molar-refractivity contribution is -0.118. The van der Waals surface area contributed by atoms with Crippen LogP contribution in [0.5, 0.6) is 0 Å². The van der Waals surface area contributed by atoms with Crippen LogP contribution in [0.2, 0.25) is 0 Å². The Balaban J connectivity index is 2.48. The van der Waals surface area contributed by atoms with Crippen molar-refractivity contribution >= 4 is 16.7 Å². The Morgan fingerprint density at radius 3 is 2.50 bits per heavy atom. The second-order valence-corrected chi connectivity index (χ2v) is 5.50. The van der Waals surface area contributed by atoms with Gasteiger partial charge in [0.15, 0.2) is 0 Å². The standard InChI is InChI=1S/C11H17NO3S/c1-2-8-16(14,15)12-11(13)9-10-6-4-3-5-7-10/h3-7,14-15H,2,8-9H2,1H3,(H,12,13). The second-order valence-electron chi connectivity index (χ2n) is 3.56. The smallest absolute Gasteiger partial charge is 0.242 e. The van der Waals surface area contributed by atoms with Crippen LogP contribution in [0, 0.1) is 0 Å². The van der Waals surface area contributed by atoms with Gasteiger partial charge in [-0.2, -0.15) is 0 Å². The number of nitrogens with one attached hydrogen (secondary N) is 1. The highest BCUT2D eigenvalue weighted by Gasteiger charge is 2.14. The molecular weight excluding hydrogens is 226 g/mol. The minimum Gasteiger partial charge on any atom is -0.282 e. The van der Waals surface area contributed by atoms with Crippen molar-refractivity contribution < 1.29 is 13.9 Å². The SMILES string of the molecule is CCCS(O)(O)NC(=O)Cc1ccccc1. The molecular formula is C11H17NO3S. The molecule has 1 aromatic carbocycles. The summed E-state index contributed by atoms with van der Waals surface area (Å²) in [7, 11) is -2.95. The molecule has 0 aromatic heterocycles. The Morgan fingerprint density at radius 1 is 1.31 bits per heavy atom. The minimum absolute atomic E-state index is 0.167. The summed E-state index contributed by atoms with van der Waals surface area (Å²) in [4.78, 5) is 11.5. The van der Waals surface area contributed by atoms with Crippen LogP contribution in [0.25, 0.3) is 0 Å². The average Bonchev–Trinajstić information content (AvgIpc) is 2.17. The minimum atomic E-state index is -2.95. The Labute approximate surface area is 97.2 Å². The van der Waals surface area contributed by atoms with Gasteiger partial charge in [-0.05, 0) is 12.0 Å². The lowest BCUT2D eigenvalue weighted by atomic mass is 10.1. The van der Waals surface area contributed by atoms with Crippen LogP contribution in [0.4, 0.5) is 0 Å². The summed E-state index contributed by atoms with van der Waals surface area (Å²) in [6, 6.07) is 9.20. The number of rotatable bonds is 5. The van der Waals surface area contributed by atoms with E-state index < -0.39 is 10.8 Å². The molecule has 0 saturated carbocycles. The molecule has 0 spiro atoms. The quantitative estimate of drug-likeness (QED) is 0.744. The lowest BCUT2D eigenvalue weighted by Crippen LogP contribution is -2.30. The van der Waals surface area contributed by atoms with E-state index in [4.69, 9.17) is 0 Å².